The van der Waals surface area contributed by atoms with Crippen LogP contribution in [0.1, 0.15) is 19.4 Å². The molecule has 0 saturated heterocycles. The fraction of sp³-hybridized carbons (Fsp3) is 0.125. The van der Waals surface area contributed by atoms with E-state index in [1.807, 2.05) is 36.4 Å². The van der Waals surface area contributed by atoms with Crippen LogP contribution in [0.2, 0.25) is 0 Å². The second kappa shape index (κ2) is 8.81. The van der Waals surface area contributed by atoms with Crippen LogP contribution in [0.3, 0.4) is 0 Å². The highest BCUT2D eigenvalue weighted by molar-refractivity contribution is 5.83. The quantitative estimate of drug-likeness (QED) is 0.253. The van der Waals surface area contributed by atoms with Crippen molar-refractivity contribution in [3.05, 3.63) is 98.8 Å². The summed E-state index contributed by atoms with van der Waals surface area (Å²) in [6.45, 7) is 3.59. The number of nitro benzene ring substituents is 1. The minimum absolute atomic E-state index is 0.171. The number of nitro groups is 1. The average molecular weight is 428 g/mol. The minimum atomic E-state index is -0.506. The van der Waals surface area contributed by atoms with Crippen molar-refractivity contribution in [3.63, 3.8) is 0 Å². The lowest BCUT2D eigenvalue weighted by Gasteiger charge is -2.10. The predicted molar refractivity (Wildman–Crippen MR) is 123 cm³/mol. The third-order valence-electron chi connectivity index (χ3n) is 4.65. The van der Waals surface area contributed by atoms with Gasteiger partial charge in [-0.2, -0.15) is 9.78 Å². The Bertz CT molecular complexity index is 1380. The third-order valence-corrected chi connectivity index (χ3v) is 4.65. The lowest BCUT2D eigenvalue weighted by atomic mass is 10.2. The zero-order chi connectivity index (χ0) is 22.7. The Balaban J connectivity index is 1.84. The molecule has 0 amide bonds. The summed E-state index contributed by atoms with van der Waals surface area (Å²) in [5.41, 5.74) is 1.23. The van der Waals surface area contributed by atoms with E-state index in [1.54, 1.807) is 38.1 Å². The summed E-state index contributed by atoms with van der Waals surface area (Å²) in [6.07, 6.45) is 1.19. The standard InChI is InChI=1S/C24H20N4O4/c1-16(2)32-22-13-12-17(14-21(22)28(30)31)15-25-27-23(18-8-4-3-5-9-18)26-20-11-7-6-10-19(20)24(27)29/h3-16H,1-2H3. The van der Waals surface area contributed by atoms with Crippen LogP contribution in [0.4, 0.5) is 5.69 Å². The van der Waals surface area contributed by atoms with Crippen LogP contribution in [0.15, 0.2) is 82.7 Å². The van der Waals surface area contributed by atoms with Crippen molar-refractivity contribution in [2.45, 2.75) is 20.0 Å². The van der Waals surface area contributed by atoms with Crippen LogP contribution >= 0.6 is 0 Å². The molecule has 3 aromatic carbocycles. The van der Waals surface area contributed by atoms with Crippen molar-refractivity contribution < 1.29 is 9.66 Å². The lowest BCUT2D eigenvalue weighted by molar-refractivity contribution is -0.386. The summed E-state index contributed by atoms with van der Waals surface area (Å²) >= 11 is 0. The molecule has 4 rings (SSSR count). The molecule has 0 bridgehead atoms. The van der Waals surface area contributed by atoms with Crippen molar-refractivity contribution in [2.75, 3.05) is 0 Å². The van der Waals surface area contributed by atoms with Crippen LogP contribution in [-0.2, 0) is 0 Å². The minimum Gasteiger partial charge on any atom is -0.484 e. The highest BCUT2D eigenvalue weighted by Gasteiger charge is 2.17. The van der Waals surface area contributed by atoms with E-state index in [0.29, 0.717) is 22.3 Å². The average Bonchev–Trinajstić information content (AvgIpc) is 2.79. The van der Waals surface area contributed by atoms with Gasteiger partial charge in [-0.15, -0.1) is 0 Å². The summed E-state index contributed by atoms with van der Waals surface area (Å²) in [5, 5.41) is 16.3. The van der Waals surface area contributed by atoms with Crippen LogP contribution < -0.4 is 10.3 Å². The summed E-state index contributed by atoms with van der Waals surface area (Å²) in [4.78, 5) is 28.8. The highest BCUT2D eigenvalue weighted by Crippen LogP contribution is 2.28. The number of aromatic nitrogens is 2. The largest absolute Gasteiger partial charge is 0.484 e. The van der Waals surface area contributed by atoms with Gasteiger partial charge in [0.05, 0.1) is 28.1 Å². The molecule has 0 N–H and O–H groups in total. The van der Waals surface area contributed by atoms with E-state index in [4.69, 9.17) is 4.74 Å². The van der Waals surface area contributed by atoms with Gasteiger partial charge in [0, 0.05) is 17.2 Å². The molecule has 160 valence electrons. The molecule has 1 aromatic heterocycles. The predicted octanol–water partition coefficient (Wildman–Crippen LogP) is 4.64. The molecule has 0 spiro atoms. The highest BCUT2D eigenvalue weighted by atomic mass is 16.6. The fourth-order valence-corrected chi connectivity index (χ4v) is 3.24. The third kappa shape index (κ3) is 4.24. The number of fused-ring (bicyclic) bond motifs is 1. The van der Waals surface area contributed by atoms with Crippen molar-refractivity contribution in [3.8, 4) is 17.1 Å². The first kappa shape index (κ1) is 20.9. The Hall–Kier alpha value is -4.33. The molecule has 8 nitrogen and oxygen atoms in total. The van der Waals surface area contributed by atoms with Crippen LogP contribution in [0.25, 0.3) is 22.3 Å². The zero-order valence-corrected chi connectivity index (χ0v) is 17.5. The molecule has 0 fully saturated rings. The van der Waals surface area contributed by atoms with Crippen LogP contribution in [0, 0.1) is 10.1 Å². The summed E-state index contributed by atoms with van der Waals surface area (Å²) in [6, 6.07) is 20.8. The van der Waals surface area contributed by atoms with E-state index < -0.39 is 4.92 Å². The molecule has 0 radical (unpaired) electrons. The molecule has 0 aliphatic heterocycles. The Morgan fingerprint density at radius 2 is 1.78 bits per heavy atom. The van der Waals surface area contributed by atoms with Gasteiger partial charge in [-0.05, 0) is 38.1 Å². The first-order valence-corrected chi connectivity index (χ1v) is 10.0. The number of rotatable bonds is 6. The SMILES string of the molecule is CC(C)Oc1ccc(C=Nn2c(-c3ccccc3)nc3ccccc3c2=O)cc1[N+](=O)[O-]. The van der Waals surface area contributed by atoms with Gasteiger partial charge in [0.1, 0.15) is 0 Å². The molecular weight excluding hydrogens is 408 g/mol. The molecule has 4 aromatic rings. The molecule has 0 aliphatic rings. The number of nitrogens with zero attached hydrogens (tertiary/aromatic N) is 4. The molecule has 0 aliphatic carbocycles. The van der Waals surface area contributed by atoms with E-state index in [2.05, 4.69) is 10.1 Å². The van der Waals surface area contributed by atoms with Crippen molar-refractivity contribution in [1.29, 1.82) is 0 Å². The van der Waals surface area contributed by atoms with Gasteiger partial charge in [0.15, 0.2) is 11.6 Å². The first-order chi connectivity index (χ1) is 15.4. The zero-order valence-electron chi connectivity index (χ0n) is 17.5. The molecule has 0 atom stereocenters. The van der Waals surface area contributed by atoms with Gasteiger partial charge in [-0.3, -0.25) is 14.9 Å². The van der Waals surface area contributed by atoms with Gasteiger partial charge < -0.3 is 4.74 Å². The number of hydrogen-bond acceptors (Lipinski definition) is 6. The maximum absolute atomic E-state index is 13.2. The summed E-state index contributed by atoms with van der Waals surface area (Å²) < 4.78 is 6.73. The Kier molecular flexibility index (Phi) is 5.76. The Labute approximate surface area is 183 Å². The van der Waals surface area contributed by atoms with E-state index in [0.717, 1.165) is 5.56 Å². The van der Waals surface area contributed by atoms with E-state index in [-0.39, 0.29) is 23.1 Å². The second-order valence-electron chi connectivity index (χ2n) is 7.33. The molecule has 8 heteroatoms. The van der Waals surface area contributed by atoms with Gasteiger partial charge in [0.2, 0.25) is 0 Å². The second-order valence-corrected chi connectivity index (χ2v) is 7.33. The van der Waals surface area contributed by atoms with Crippen molar-refractivity contribution in [1.82, 2.24) is 9.66 Å². The molecule has 32 heavy (non-hydrogen) atoms. The number of hydrogen-bond donors (Lipinski definition) is 0. The summed E-state index contributed by atoms with van der Waals surface area (Å²) in [5.74, 6) is 0.552. The van der Waals surface area contributed by atoms with E-state index in [1.165, 1.54) is 23.0 Å². The molecule has 0 unspecified atom stereocenters. The molecular formula is C24H20N4O4. The van der Waals surface area contributed by atoms with Gasteiger partial charge in [0.25, 0.3) is 5.56 Å². The topological polar surface area (TPSA) is 99.6 Å². The summed E-state index contributed by atoms with van der Waals surface area (Å²) in [7, 11) is 0. The smallest absolute Gasteiger partial charge is 0.311 e. The lowest BCUT2D eigenvalue weighted by Crippen LogP contribution is -2.20. The Morgan fingerprint density at radius 1 is 1.06 bits per heavy atom. The normalized spacial score (nSPS) is 11.3. The number of benzene rings is 3. The Morgan fingerprint density at radius 3 is 2.50 bits per heavy atom. The maximum Gasteiger partial charge on any atom is 0.311 e. The van der Waals surface area contributed by atoms with E-state index in [9.17, 15) is 14.9 Å². The monoisotopic (exact) mass is 428 g/mol. The van der Waals surface area contributed by atoms with Crippen LogP contribution in [-0.4, -0.2) is 26.9 Å². The molecule has 0 saturated carbocycles. The van der Waals surface area contributed by atoms with Crippen molar-refractivity contribution in [2.24, 2.45) is 5.10 Å². The number of ether oxygens (including phenoxy) is 1. The van der Waals surface area contributed by atoms with Gasteiger partial charge in [-0.25, -0.2) is 4.98 Å². The van der Waals surface area contributed by atoms with Gasteiger partial charge in [-0.1, -0.05) is 42.5 Å². The first-order valence-electron chi connectivity index (χ1n) is 10.0. The van der Waals surface area contributed by atoms with Crippen molar-refractivity contribution >= 4 is 22.8 Å². The van der Waals surface area contributed by atoms with E-state index >= 15 is 0 Å². The maximum atomic E-state index is 13.2. The molecule has 1 heterocycles. The fourth-order valence-electron chi connectivity index (χ4n) is 3.24. The number of para-hydroxylation sites is 1. The van der Waals surface area contributed by atoms with Crippen LogP contribution in [0.5, 0.6) is 5.75 Å². The van der Waals surface area contributed by atoms with Gasteiger partial charge >= 0.3 is 5.69 Å².